The summed E-state index contributed by atoms with van der Waals surface area (Å²) >= 11 is 0. The minimum atomic E-state index is -0.241. The molecule has 2 unspecified atom stereocenters. The van der Waals surface area contributed by atoms with Crippen molar-refractivity contribution >= 4 is 0 Å². The average Bonchev–Trinajstić information content (AvgIpc) is 2.77. The summed E-state index contributed by atoms with van der Waals surface area (Å²) in [5.74, 6) is 0. The van der Waals surface area contributed by atoms with E-state index in [1.54, 1.807) is 0 Å². The fourth-order valence-electron chi connectivity index (χ4n) is 2.14. The van der Waals surface area contributed by atoms with Crippen molar-refractivity contribution in [1.82, 2.24) is 0 Å². The molecule has 0 bridgehead atoms. The van der Waals surface area contributed by atoms with Crippen LogP contribution in [0.1, 0.15) is 25.7 Å². The Balaban J connectivity index is 1.93. The summed E-state index contributed by atoms with van der Waals surface area (Å²) in [5, 5.41) is 9.09. The Hall–Kier alpha value is -0.590. The Bertz CT molecular complexity index is 209. The first kappa shape index (κ1) is 8.98. The zero-order valence-corrected chi connectivity index (χ0v) is 7.79. The third-order valence-corrected chi connectivity index (χ3v) is 2.98. The lowest BCUT2D eigenvalue weighted by atomic mass is 9.83. The molecule has 3 nitrogen and oxygen atoms in total. The van der Waals surface area contributed by atoms with E-state index in [9.17, 15) is 0 Å². The van der Waals surface area contributed by atoms with Crippen LogP contribution in [0, 0.1) is 16.7 Å². The van der Waals surface area contributed by atoms with Crippen LogP contribution in [0.15, 0.2) is 0 Å². The molecular formula is C10H15NO2. The van der Waals surface area contributed by atoms with Gasteiger partial charge in [0.25, 0.3) is 0 Å². The zero-order valence-electron chi connectivity index (χ0n) is 7.79. The van der Waals surface area contributed by atoms with E-state index in [-0.39, 0.29) is 5.41 Å². The molecule has 3 heteroatoms. The highest BCUT2D eigenvalue weighted by atomic mass is 16.5. The molecule has 2 fully saturated rings. The molecule has 0 aromatic carbocycles. The number of hydrogen-bond donors (Lipinski definition) is 0. The van der Waals surface area contributed by atoms with E-state index in [0.29, 0.717) is 12.7 Å². The van der Waals surface area contributed by atoms with Crippen LogP contribution in [0.3, 0.4) is 0 Å². The second-order valence-corrected chi connectivity index (χ2v) is 4.03. The topological polar surface area (TPSA) is 42.2 Å². The van der Waals surface area contributed by atoms with Gasteiger partial charge in [0.15, 0.2) is 0 Å². The molecule has 0 amide bonds. The second kappa shape index (κ2) is 3.65. The lowest BCUT2D eigenvalue weighted by molar-refractivity contribution is 0.0702. The SMILES string of the molecule is N#CC1(CC2CCCO2)CCOC1. The number of rotatable bonds is 2. The molecule has 0 N–H and O–H groups in total. The van der Waals surface area contributed by atoms with Crippen molar-refractivity contribution in [2.75, 3.05) is 19.8 Å². The van der Waals surface area contributed by atoms with Gasteiger partial charge in [-0.2, -0.15) is 5.26 Å². The van der Waals surface area contributed by atoms with Gasteiger partial charge >= 0.3 is 0 Å². The lowest BCUT2D eigenvalue weighted by Gasteiger charge is -2.21. The van der Waals surface area contributed by atoms with E-state index >= 15 is 0 Å². The Morgan fingerprint density at radius 1 is 1.46 bits per heavy atom. The van der Waals surface area contributed by atoms with Crippen LogP contribution in [0.4, 0.5) is 0 Å². The van der Waals surface area contributed by atoms with Gasteiger partial charge in [0.05, 0.1) is 24.2 Å². The van der Waals surface area contributed by atoms with Gasteiger partial charge in [-0.05, 0) is 25.7 Å². The van der Waals surface area contributed by atoms with E-state index in [1.165, 1.54) is 0 Å². The Morgan fingerprint density at radius 2 is 2.38 bits per heavy atom. The van der Waals surface area contributed by atoms with Gasteiger partial charge in [0.2, 0.25) is 0 Å². The van der Waals surface area contributed by atoms with Gasteiger partial charge in [-0.25, -0.2) is 0 Å². The minimum Gasteiger partial charge on any atom is -0.380 e. The Labute approximate surface area is 78.6 Å². The van der Waals surface area contributed by atoms with E-state index < -0.39 is 0 Å². The van der Waals surface area contributed by atoms with E-state index in [1.807, 2.05) is 0 Å². The van der Waals surface area contributed by atoms with Gasteiger partial charge in [-0.3, -0.25) is 0 Å². The average molecular weight is 181 g/mol. The highest BCUT2D eigenvalue weighted by Crippen LogP contribution is 2.35. The van der Waals surface area contributed by atoms with Crippen LogP contribution in [-0.2, 0) is 9.47 Å². The molecule has 72 valence electrons. The van der Waals surface area contributed by atoms with E-state index in [4.69, 9.17) is 14.7 Å². The molecule has 2 aliphatic heterocycles. The van der Waals surface area contributed by atoms with Crippen LogP contribution in [0.5, 0.6) is 0 Å². The maximum Gasteiger partial charge on any atom is 0.0853 e. The number of nitriles is 1. The smallest absolute Gasteiger partial charge is 0.0853 e. The highest BCUT2D eigenvalue weighted by Gasteiger charge is 2.38. The molecule has 2 aliphatic rings. The highest BCUT2D eigenvalue weighted by molar-refractivity contribution is 5.03. The first-order valence-electron chi connectivity index (χ1n) is 4.95. The third kappa shape index (κ3) is 1.84. The minimum absolute atomic E-state index is 0.241. The van der Waals surface area contributed by atoms with Gasteiger partial charge < -0.3 is 9.47 Å². The monoisotopic (exact) mass is 181 g/mol. The zero-order chi connectivity index (χ0) is 9.15. The maximum absolute atomic E-state index is 9.09. The van der Waals surface area contributed by atoms with Crippen molar-refractivity contribution in [3.05, 3.63) is 0 Å². The summed E-state index contributed by atoms with van der Waals surface area (Å²) in [7, 11) is 0. The Morgan fingerprint density at radius 3 is 2.92 bits per heavy atom. The summed E-state index contributed by atoms with van der Waals surface area (Å²) in [6, 6.07) is 2.40. The second-order valence-electron chi connectivity index (χ2n) is 4.03. The normalized spacial score (nSPS) is 39.2. The molecule has 2 rings (SSSR count). The van der Waals surface area contributed by atoms with Gasteiger partial charge in [0, 0.05) is 13.2 Å². The van der Waals surface area contributed by atoms with Crippen molar-refractivity contribution in [3.8, 4) is 6.07 Å². The Kier molecular flexibility index (Phi) is 2.52. The molecule has 0 spiro atoms. The fourth-order valence-corrected chi connectivity index (χ4v) is 2.14. The van der Waals surface area contributed by atoms with Gasteiger partial charge in [-0.1, -0.05) is 0 Å². The molecule has 0 aromatic rings. The summed E-state index contributed by atoms with van der Waals surface area (Å²) in [6.45, 7) is 2.21. The van der Waals surface area contributed by atoms with Gasteiger partial charge in [-0.15, -0.1) is 0 Å². The summed E-state index contributed by atoms with van der Waals surface area (Å²) in [6.07, 6.45) is 4.31. The molecule has 2 saturated heterocycles. The van der Waals surface area contributed by atoms with Crippen molar-refractivity contribution in [2.45, 2.75) is 31.8 Å². The largest absolute Gasteiger partial charge is 0.380 e. The summed E-state index contributed by atoms with van der Waals surface area (Å²) < 4.78 is 10.8. The maximum atomic E-state index is 9.09. The van der Waals surface area contributed by atoms with Gasteiger partial charge in [0.1, 0.15) is 0 Å². The predicted octanol–water partition coefficient (Wildman–Crippen LogP) is 1.49. The fraction of sp³-hybridized carbons (Fsp3) is 0.900. The molecular weight excluding hydrogens is 166 g/mol. The van der Waals surface area contributed by atoms with Crippen LogP contribution in [0.25, 0.3) is 0 Å². The first-order chi connectivity index (χ1) is 6.35. The van der Waals surface area contributed by atoms with Crippen LogP contribution in [-0.4, -0.2) is 25.9 Å². The summed E-state index contributed by atoms with van der Waals surface area (Å²) in [5.41, 5.74) is -0.241. The van der Waals surface area contributed by atoms with Crippen molar-refractivity contribution in [2.24, 2.45) is 5.41 Å². The van der Waals surface area contributed by atoms with E-state index in [0.717, 1.165) is 38.9 Å². The number of hydrogen-bond acceptors (Lipinski definition) is 3. The number of nitrogens with zero attached hydrogens (tertiary/aromatic N) is 1. The predicted molar refractivity (Wildman–Crippen MR) is 47.1 cm³/mol. The van der Waals surface area contributed by atoms with Crippen LogP contribution in [0.2, 0.25) is 0 Å². The lowest BCUT2D eigenvalue weighted by Crippen LogP contribution is -2.25. The standard InChI is InChI=1S/C10H15NO2/c11-7-10(3-5-12-8-10)6-9-2-1-4-13-9/h9H,1-6,8H2. The molecule has 2 heterocycles. The summed E-state index contributed by atoms with van der Waals surface area (Å²) in [4.78, 5) is 0. The van der Waals surface area contributed by atoms with E-state index in [2.05, 4.69) is 6.07 Å². The van der Waals surface area contributed by atoms with Crippen molar-refractivity contribution in [3.63, 3.8) is 0 Å². The van der Waals surface area contributed by atoms with Crippen LogP contribution >= 0.6 is 0 Å². The quantitative estimate of drug-likeness (QED) is 0.648. The van der Waals surface area contributed by atoms with Crippen molar-refractivity contribution < 1.29 is 9.47 Å². The molecule has 0 radical (unpaired) electrons. The third-order valence-electron chi connectivity index (χ3n) is 2.98. The first-order valence-corrected chi connectivity index (χ1v) is 4.95. The van der Waals surface area contributed by atoms with Crippen molar-refractivity contribution in [1.29, 1.82) is 5.26 Å². The molecule has 0 saturated carbocycles. The molecule has 13 heavy (non-hydrogen) atoms. The van der Waals surface area contributed by atoms with Crippen LogP contribution < -0.4 is 0 Å². The molecule has 0 aliphatic carbocycles. The number of ether oxygens (including phenoxy) is 2. The molecule has 2 atom stereocenters. The molecule has 0 aromatic heterocycles.